The fraction of sp³-hybridized carbons (Fsp3) is 0.286. The highest BCUT2D eigenvalue weighted by atomic mass is 79.9. The van der Waals surface area contributed by atoms with Gasteiger partial charge in [-0.2, -0.15) is 0 Å². The Bertz CT molecular complexity index is 544. The molecule has 102 valence electrons. The minimum absolute atomic E-state index is 0.232. The second kappa shape index (κ2) is 6.86. The van der Waals surface area contributed by atoms with E-state index in [-0.39, 0.29) is 6.04 Å². The van der Waals surface area contributed by atoms with Gasteiger partial charge in [0.25, 0.3) is 0 Å². The van der Waals surface area contributed by atoms with Gasteiger partial charge in [-0.3, -0.25) is 4.90 Å². The molecular weight excluding hydrogens is 344 g/mol. The normalized spacial score (nSPS) is 12.9. The Balaban J connectivity index is 2.11. The molecule has 0 aliphatic rings. The van der Waals surface area contributed by atoms with Crippen molar-refractivity contribution >= 4 is 38.9 Å². The molecule has 0 bridgehead atoms. The molecule has 2 nitrogen and oxygen atoms in total. The van der Waals surface area contributed by atoms with Crippen LogP contribution in [0.15, 0.2) is 40.2 Å². The van der Waals surface area contributed by atoms with Crippen LogP contribution in [0.1, 0.15) is 16.5 Å². The van der Waals surface area contributed by atoms with Crippen LogP contribution in [0.2, 0.25) is 5.02 Å². The summed E-state index contributed by atoms with van der Waals surface area (Å²) in [6, 6.07) is 10.3. The van der Waals surface area contributed by atoms with Gasteiger partial charge < -0.3 is 5.73 Å². The fourth-order valence-electron chi connectivity index (χ4n) is 2.05. The van der Waals surface area contributed by atoms with Crippen LogP contribution in [0, 0.1) is 0 Å². The molecule has 0 saturated carbocycles. The Morgan fingerprint density at radius 1 is 1.42 bits per heavy atom. The van der Waals surface area contributed by atoms with Crippen LogP contribution in [0.5, 0.6) is 0 Å². The number of likely N-dealkylation sites (N-methyl/N-ethyl adjacent to an activating group) is 1. The Morgan fingerprint density at radius 3 is 2.79 bits per heavy atom. The Hall–Kier alpha value is -0.390. The van der Waals surface area contributed by atoms with E-state index < -0.39 is 0 Å². The third-order valence-electron chi connectivity index (χ3n) is 2.99. The van der Waals surface area contributed by atoms with Crippen molar-refractivity contribution in [2.24, 2.45) is 5.73 Å². The maximum atomic E-state index is 6.01. The second-order valence-electron chi connectivity index (χ2n) is 4.46. The molecule has 1 atom stereocenters. The molecule has 1 aromatic carbocycles. The lowest BCUT2D eigenvalue weighted by molar-refractivity contribution is 0.245. The van der Waals surface area contributed by atoms with Gasteiger partial charge in [-0.15, -0.1) is 11.3 Å². The standard InChI is InChI=1S/C14H16BrClN2S/c1-18(8-10-3-2-4-12(16)5-10)13(7-17)14-6-11(15)9-19-14/h2-6,9,13H,7-8,17H2,1H3. The van der Waals surface area contributed by atoms with E-state index in [2.05, 4.69) is 45.4 Å². The highest BCUT2D eigenvalue weighted by Gasteiger charge is 2.17. The molecule has 5 heteroatoms. The van der Waals surface area contributed by atoms with Crippen LogP contribution in [0.4, 0.5) is 0 Å². The highest BCUT2D eigenvalue weighted by Crippen LogP contribution is 2.29. The SMILES string of the molecule is CN(Cc1cccc(Cl)c1)C(CN)c1cc(Br)cs1. The van der Waals surface area contributed by atoms with Gasteiger partial charge in [-0.1, -0.05) is 23.7 Å². The van der Waals surface area contributed by atoms with Gasteiger partial charge in [-0.25, -0.2) is 0 Å². The third kappa shape index (κ3) is 4.04. The van der Waals surface area contributed by atoms with Gasteiger partial charge in [0.1, 0.15) is 0 Å². The van der Waals surface area contributed by atoms with E-state index in [0.29, 0.717) is 6.54 Å². The lowest BCUT2D eigenvalue weighted by atomic mass is 10.1. The molecule has 1 unspecified atom stereocenters. The Morgan fingerprint density at radius 2 is 2.21 bits per heavy atom. The molecule has 2 aromatic rings. The van der Waals surface area contributed by atoms with Crippen molar-refractivity contribution in [3.05, 3.63) is 55.6 Å². The summed E-state index contributed by atoms with van der Waals surface area (Å²) in [6.45, 7) is 1.43. The van der Waals surface area contributed by atoms with Crippen molar-refractivity contribution in [3.63, 3.8) is 0 Å². The molecule has 0 aliphatic carbocycles. The zero-order valence-corrected chi connectivity index (χ0v) is 13.8. The van der Waals surface area contributed by atoms with E-state index in [1.54, 1.807) is 11.3 Å². The predicted molar refractivity (Wildman–Crippen MR) is 86.7 cm³/mol. The first-order valence-electron chi connectivity index (χ1n) is 5.99. The summed E-state index contributed by atoms with van der Waals surface area (Å²) in [5.74, 6) is 0. The zero-order chi connectivity index (χ0) is 13.8. The second-order valence-corrected chi connectivity index (χ2v) is 6.76. The number of thiophene rings is 1. The van der Waals surface area contributed by atoms with Crippen LogP contribution >= 0.6 is 38.9 Å². The van der Waals surface area contributed by atoms with E-state index in [4.69, 9.17) is 17.3 Å². The fourth-order valence-corrected chi connectivity index (χ4v) is 3.89. The number of benzene rings is 1. The number of rotatable bonds is 5. The molecular formula is C14H16BrClN2S. The summed E-state index contributed by atoms with van der Waals surface area (Å²) in [5.41, 5.74) is 7.12. The van der Waals surface area contributed by atoms with Crippen molar-refractivity contribution in [2.75, 3.05) is 13.6 Å². The number of hydrogen-bond acceptors (Lipinski definition) is 3. The van der Waals surface area contributed by atoms with E-state index in [0.717, 1.165) is 16.0 Å². The van der Waals surface area contributed by atoms with Crippen LogP contribution in [0.25, 0.3) is 0 Å². The summed E-state index contributed by atoms with van der Waals surface area (Å²) in [7, 11) is 2.09. The van der Waals surface area contributed by atoms with Crippen molar-refractivity contribution in [1.82, 2.24) is 4.90 Å². The minimum Gasteiger partial charge on any atom is -0.329 e. The summed E-state index contributed by atoms with van der Waals surface area (Å²) in [6.07, 6.45) is 0. The summed E-state index contributed by atoms with van der Waals surface area (Å²) in [4.78, 5) is 3.53. The van der Waals surface area contributed by atoms with E-state index >= 15 is 0 Å². The topological polar surface area (TPSA) is 29.3 Å². The summed E-state index contributed by atoms with van der Waals surface area (Å²) < 4.78 is 1.11. The maximum Gasteiger partial charge on any atom is 0.0565 e. The molecule has 0 amide bonds. The van der Waals surface area contributed by atoms with Crippen molar-refractivity contribution < 1.29 is 0 Å². The Kier molecular flexibility index (Phi) is 5.42. The number of nitrogens with zero attached hydrogens (tertiary/aromatic N) is 1. The number of nitrogens with two attached hydrogens (primary N) is 1. The van der Waals surface area contributed by atoms with Crippen molar-refractivity contribution in [1.29, 1.82) is 0 Å². The van der Waals surface area contributed by atoms with Gasteiger partial charge in [-0.05, 0) is 46.7 Å². The molecule has 2 rings (SSSR count). The lowest BCUT2D eigenvalue weighted by Gasteiger charge is -2.26. The summed E-state index contributed by atoms with van der Waals surface area (Å²) in [5, 5.41) is 2.86. The lowest BCUT2D eigenvalue weighted by Crippen LogP contribution is -2.29. The van der Waals surface area contributed by atoms with Crippen LogP contribution in [-0.2, 0) is 6.54 Å². The predicted octanol–water partition coefficient (Wildman–Crippen LogP) is 4.30. The largest absolute Gasteiger partial charge is 0.329 e. The molecule has 2 N–H and O–H groups in total. The molecule has 0 spiro atoms. The molecule has 0 fully saturated rings. The Labute approximate surface area is 131 Å². The minimum atomic E-state index is 0.232. The quantitative estimate of drug-likeness (QED) is 0.862. The van der Waals surface area contributed by atoms with Crippen LogP contribution in [-0.4, -0.2) is 18.5 Å². The molecule has 1 heterocycles. The molecule has 0 aliphatic heterocycles. The zero-order valence-electron chi connectivity index (χ0n) is 10.6. The smallest absolute Gasteiger partial charge is 0.0565 e. The molecule has 1 aromatic heterocycles. The first-order valence-corrected chi connectivity index (χ1v) is 8.04. The molecule has 0 saturated heterocycles. The first kappa shape index (κ1) is 15.0. The highest BCUT2D eigenvalue weighted by molar-refractivity contribution is 9.10. The average molecular weight is 360 g/mol. The molecule has 0 radical (unpaired) electrons. The van der Waals surface area contributed by atoms with Gasteiger partial charge in [0.05, 0.1) is 6.04 Å². The van der Waals surface area contributed by atoms with Gasteiger partial charge in [0.15, 0.2) is 0 Å². The first-order chi connectivity index (χ1) is 9.10. The van der Waals surface area contributed by atoms with Gasteiger partial charge in [0.2, 0.25) is 0 Å². The summed E-state index contributed by atoms with van der Waals surface area (Å²) >= 11 is 11.2. The monoisotopic (exact) mass is 358 g/mol. The molecule has 19 heavy (non-hydrogen) atoms. The van der Waals surface area contributed by atoms with Gasteiger partial charge in [0, 0.05) is 32.8 Å². The average Bonchev–Trinajstić information content (AvgIpc) is 2.76. The van der Waals surface area contributed by atoms with Crippen LogP contribution < -0.4 is 5.73 Å². The van der Waals surface area contributed by atoms with Gasteiger partial charge >= 0.3 is 0 Å². The number of hydrogen-bond donors (Lipinski definition) is 1. The van der Waals surface area contributed by atoms with Crippen molar-refractivity contribution in [2.45, 2.75) is 12.6 Å². The van der Waals surface area contributed by atoms with E-state index in [9.17, 15) is 0 Å². The van der Waals surface area contributed by atoms with Crippen molar-refractivity contribution in [3.8, 4) is 0 Å². The number of halogens is 2. The third-order valence-corrected chi connectivity index (χ3v) is 5.02. The maximum absolute atomic E-state index is 6.01. The van der Waals surface area contributed by atoms with Crippen LogP contribution in [0.3, 0.4) is 0 Å². The van der Waals surface area contributed by atoms with E-state index in [1.165, 1.54) is 10.4 Å². The van der Waals surface area contributed by atoms with E-state index in [1.807, 2.05) is 18.2 Å².